The fourth-order valence-corrected chi connectivity index (χ4v) is 1.87. The average molecular weight is 285 g/mol. The minimum Gasteiger partial charge on any atom is -0.424 e. The topological polar surface area (TPSA) is 48.3 Å². The standard InChI is InChI=1S/C13H10F3NO3/c1-7(18)17-6-12(20-8(2)19)10-5-9(13(14,15)16)3-4-11(10)17/h3-6H,1-2H3. The van der Waals surface area contributed by atoms with E-state index in [-0.39, 0.29) is 16.7 Å². The molecule has 0 saturated heterocycles. The van der Waals surface area contributed by atoms with Gasteiger partial charge in [0.1, 0.15) is 0 Å². The van der Waals surface area contributed by atoms with Crippen LogP contribution in [0, 0.1) is 0 Å². The largest absolute Gasteiger partial charge is 0.424 e. The molecule has 1 aromatic heterocycles. The molecule has 0 aliphatic heterocycles. The van der Waals surface area contributed by atoms with Crippen molar-refractivity contribution in [1.82, 2.24) is 4.57 Å². The number of rotatable bonds is 1. The van der Waals surface area contributed by atoms with Crippen molar-refractivity contribution in [2.45, 2.75) is 20.0 Å². The molecule has 0 unspecified atom stereocenters. The molecule has 20 heavy (non-hydrogen) atoms. The summed E-state index contributed by atoms with van der Waals surface area (Å²) in [6, 6.07) is 2.90. The second-order valence-corrected chi connectivity index (χ2v) is 4.21. The summed E-state index contributed by atoms with van der Waals surface area (Å²) in [5, 5.41) is 0.0604. The number of esters is 1. The van der Waals surface area contributed by atoms with Crippen LogP contribution in [0.15, 0.2) is 24.4 Å². The van der Waals surface area contributed by atoms with E-state index < -0.39 is 23.6 Å². The number of hydrogen-bond acceptors (Lipinski definition) is 3. The second kappa shape index (κ2) is 4.66. The van der Waals surface area contributed by atoms with Gasteiger partial charge in [-0.05, 0) is 18.2 Å². The van der Waals surface area contributed by atoms with Crippen LogP contribution >= 0.6 is 0 Å². The molecule has 0 bridgehead atoms. The number of fused-ring (bicyclic) bond motifs is 1. The van der Waals surface area contributed by atoms with Gasteiger partial charge >= 0.3 is 12.1 Å². The lowest BCUT2D eigenvalue weighted by molar-refractivity contribution is -0.137. The number of aromatic nitrogens is 1. The molecule has 0 aliphatic rings. The van der Waals surface area contributed by atoms with E-state index in [0.717, 1.165) is 23.6 Å². The number of halogens is 3. The Kier molecular flexibility index (Phi) is 3.29. The second-order valence-electron chi connectivity index (χ2n) is 4.21. The highest BCUT2D eigenvalue weighted by atomic mass is 19.4. The monoisotopic (exact) mass is 285 g/mol. The van der Waals surface area contributed by atoms with E-state index in [2.05, 4.69) is 0 Å². The van der Waals surface area contributed by atoms with Crippen molar-refractivity contribution in [2.75, 3.05) is 0 Å². The molecular weight excluding hydrogens is 275 g/mol. The zero-order valence-corrected chi connectivity index (χ0v) is 10.6. The number of carbonyl (C=O) groups is 2. The fourth-order valence-electron chi connectivity index (χ4n) is 1.87. The van der Waals surface area contributed by atoms with Gasteiger partial charge in [-0.25, -0.2) is 0 Å². The molecule has 0 amide bonds. The van der Waals surface area contributed by atoms with Crippen molar-refractivity contribution in [3.8, 4) is 5.75 Å². The summed E-state index contributed by atoms with van der Waals surface area (Å²) in [5.74, 6) is -1.15. The van der Waals surface area contributed by atoms with Gasteiger partial charge in [-0.1, -0.05) is 0 Å². The Morgan fingerprint density at radius 2 is 1.85 bits per heavy atom. The summed E-state index contributed by atoms with van der Waals surface area (Å²) in [7, 11) is 0. The summed E-state index contributed by atoms with van der Waals surface area (Å²) < 4.78 is 44.1. The van der Waals surface area contributed by atoms with Gasteiger partial charge in [0.25, 0.3) is 0 Å². The van der Waals surface area contributed by atoms with E-state index in [1.165, 1.54) is 19.2 Å². The van der Waals surface area contributed by atoms with Crippen molar-refractivity contribution >= 4 is 22.8 Å². The van der Waals surface area contributed by atoms with Crippen molar-refractivity contribution in [2.24, 2.45) is 0 Å². The van der Waals surface area contributed by atoms with Crippen LogP contribution in [0.5, 0.6) is 5.75 Å². The van der Waals surface area contributed by atoms with Crippen LogP contribution in [0.2, 0.25) is 0 Å². The fraction of sp³-hybridized carbons (Fsp3) is 0.231. The van der Waals surface area contributed by atoms with E-state index >= 15 is 0 Å². The lowest BCUT2D eigenvalue weighted by Crippen LogP contribution is -2.05. The maximum Gasteiger partial charge on any atom is 0.416 e. The van der Waals surface area contributed by atoms with Gasteiger partial charge in [-0.2, -0.15) is 13.2 Å². The highest BCUT2D eigenvalue weighted by Gasteiger charge is 2.31. The van der Waals surface area contributed by atoms with Gasteiger partial charge in [0.2, 0.25) is 5.91 Å². The molecule has 1 heterocycles. The van der Waals surface area contributed by atoms with Crippen LogP contribution in [0.25, 0.3) is 10.9 Å². The van der Waals surface area contributed by atoms with Crippen LogP contribution in [0.3, 0.4) is 0 Å². The molecule has 7 heteroatoms. The molecule has 0 radical (unpaired) electrons. The molecular formula is C13H10F3NO3. The predicted octanol–water partition coefficient (Wildman–Crippen LogP) is 3.25. The zero-order chi connectivity index (χ0) is 15.1. The number of benzene rings is 1. The maximum atomic E-state index is 12.7. The van der Waals surface area contributed by atoms with E-state index in [0.29, 0.717) is 0 Å². The Bertz CT molecular complexity index is 701. The van der Waals surface area contributed by atoms with Gasteiger partial charge in [0, 0.05) is 19.2 Å². The highest BCUT2D eigenvalue weighted by molar-refractivity contribution is 5.96. The molecule has 0 saturated carbocycles. The first-order valence-electron chi connectivity index (χ1n) is 5.62. The Balaban J connectivity index is 2.71. The van der Waals surface area contributed by atoms with E-state index in [9.17, 15) is 22.8 Å². The molecule has 4 nitrogen and oxygen atoms in total. The molecule has 2 rings (SSSR count). The number of hydrogen-bond donors (Lipinski definition) is 0. The molecule has 0 aliphatic carbocycles. The number of ether oxygens (including phenoxy) is 1. The number of carbonyl (C=O) groups excluding carboxylic acids is 2. The third-order valence-electron chi connectivity index (χ3n) is 2.69. The summed E-state index contributed by atoms with van der Waals surface area (Å²) in [4.78, 5) is 22.4. The van der Waals surface area contributed by atoms with Gasteiger partial charge in [0.05, 0.1) is 17.3 Å². The molecule has 1 aromatic carbocycles. The Morgan fingerprint density at radius 3 is 2.35 bits per heavy atom. The third kappa shape index (κ3) is 2.52. The van der Waals surface area contributed by atoms with Crippen molar-refractivity contribution in [3.05, 3.63) is 30.0 Å². The summed E-state index contributed by atoms with van der Waals surface area (Å²) in [6.45, 7) is 2.39. The first kappa shape index (κ1) is 14.1. The lowest BCUT2D eigenvalue weighted by atomic mass is 10.1. The molecule has 0 N–H and O–H groups in total. The number of nitrogens with zero attached hydrogens (tertiary/aromatic N) is 1. The lowest BCUT2D eigenvalue weighted by Gasteiger charge is -2.07. The first-order chi connectivity index (χ1) is 9.20. The normalized spacial score (nSPS) is 11.7. The molecule has 0 spiro atoms. The molecule has 2 aromatic rings. The van der Waals surface area contributed by atoms with Gasteiger partial charge in [0.15, 0.2) is 5.75 Å². The summed E-state index contributed by atoms with van der Waals surface area (Å²) in [5.41, 5.74) is -0.624. The minimum absolute atomic E-state index is 0.0604. The van der Waals surface area contributed by atoms with Crippen molar-refractivity contribution < 1.29 is 27.5 Å². The van der Waals surface area contributed by atoms with E-state index in [1.807, 2.05) is 0 Å². The Labute approximate surface area is 111 Å². The first-order valence-corrected chi connectivity index (χ1v) is 5.62. The van der Waals surface area contributed by atoms with Crippen LogP contribution < -0.4 is 4.74 Å². The third-order valence-corrected chi connectivity index (χ3v) is 2.69. The van der Waals surface area contributed by atoms with Crippen molar-refractivity contribution in [1.29, 1.82) is 0 Å². The summed E-state index contributed by atoms with van der Waals surface area (Å²) >= 11 is 0. The molecule has 0 atom stereocenters. The zero-order valence-electron chi connectivity index (χ0n) is 10.6. The van der Waals surface area contributed by atoms with Crippen LogP contribution in [-0.4, -0.2) is 16.4 Å². The van der Waals surface area contributed by atoms with Gasteiger partial charge in [-0.15, -0.1) is 0 Å². The van der Waals surface area contributed by atoms with Gasteiger partial charge in [-0.3, -0.25) is 14.2 Å². The highest BCUT2D eigenvalue weighted by Crippen LogP contribution is 2.35. The van der Waals surface area contributed by atoms with E-state index in [1.54, 1.807) is 0 Å². The van der Waals surface area contributed by atoms with Crippen molar-refractivity contribution in [3.63, 3.8) is 0 Å². The molecule has 106 valence electrons. The molecule has 0 fully saturated rings. The summed E-state index contributed by atoms with van der Waals surface area (Å²) in [6.07, 6.45) is -3.31. The van der Waals surface area contributed by atoms with Gasteiger partial charge < -0.3 is 4.74 Å². The number of alkyl halides is 3. The smallest absolute Gasteiger partial charge is 0.416 e. The maximum absolute atomic E-state index is 12.7. The predicted molar refractivity (Wildman–Crippen MR) is 64.5 cm³/mol. The Hall–Kier alpha value is -2.31. The van der Waals surface area contributed by atoms with Crippen LogP contribution in [-0.2, 0) is 11.0 Å². The Morgan fingerprint density at radius 1 is 1.20 bits per heavy atom. The average Bonchev–Trinajstić information content (AvgIpc) is 2.66. The quantitative estimate of drug-likeness (QED) is 0.756. The SMILES string of the molecule is CC(=O)Oc1cn(C(C)=O)c2ccc(C(F)(F)F)cc12. The van der Waals surface area contributed by atoms with Crippen LogP contribution in [0.1, 0.15) is 24.2 Å². The minimum atomic E-state index is -4.51. The van der Waals surface area contributed by atoms with Crippen LogP contribution in [0.4, 0.5) is 13.2 Å². The van der Waals surface area contributed by atoms with E-state index in [4.69, 9.17) is 4.74 Å².